The molecule has 0 spiro atoms. The molecule has 0 saturated carbocycles. The zero-order chi connectivity index (χ0) is 20.4. The van der Waals surface area contributed by atoms with Gasteiger partial charge in [-0.15, -0.1) is 0 Å². The molecular weight excluding hydrogens is 364 g/mol. The molecule has 0 aromatic heterocycles. The third kappa shape index (κ3) is 6.38. The molecule has 1 saturated heterocycles. The van der Waals surface area contributed by atoms with E-state index in [-0.39, 0.29) is 18.4 Å². The van der Waals surface area contributed by atoms with E-state index in [2.05, 4.69) is 0 Å². The van der Waals surface area contributed by atoms with Crippen molar-refractivity contribution in [2.75, 3.05) is 67.3 Å². The van der Waals surface area contributed by atoms with Gasteiger partial charge < -0.3 is 28.7 Å². The molecule has 0 radical (unpaired) electrons. The summed E-state index contributed by atoms with van der Waals surface area (Å²) in [6, 6.07) is 5.68. The fourth-order valence-electron chi connectivity index (χ4n) is 3.04. The number of hydrogen-bond donors (Lipinski definition) is 0. The van der Waals surface area contributed by atoms with E-state index in [4.69, 9.17) is 18.9 Å². The molecule has 8 nitrogen and oxygen atoms in total. The molecule has 2 amide bonds. The maximum atomic E-state index is 12.5. The number of carbonyl (C=O) groups excluding carboxylic acids is 2. The number of methoxy groups -OCH3 is 3. The summed E-state index contributed by atoms with van der Waals surface area (Å²) in [6.07, 6.45) is 1.05. The van der Waals surface area contributed by atoms with Crippen LogP contribution in [0.15, 0.2) is 18.2 Å². The average molecular weight is 394 g/mol. The van der Waals surface area contributed by atoms with Crippen LogP contribution in [0.3, 0.4) is 0 Å². The normalized spacial score (nSPS) is 14.1. The minimum Gasteiger partial charge on any atom is -0.493 e. The van der Waals surface area contributed by atoms with Gasteiger partial charge in [-0.05, 0) is 24.1 Å². The molecule has 1 aromatic rings. The molecule has 0 unspecified atom stereocenters. The predicted molar refractivity (Wildman–Crippen MR) is 104 cm³/mol. The van der Waals surface area contributed by atoms with Crippen LogP contribution in [-0.4, -0.2) is 88.9 Å². The quantitative estimate of drug-likeness (QED) is 0.551. The third-order valence-electron chi connectivity index (χ3n) is 4.72. The topological polar surface area (TPSA) is 77.5 Å². The van der Waals surface area contributed by atoms with Crippen LogP contribution in [0.2, 0.25) is 0 Å². The van der Waals surface area contributed by atoms with E-state index >= 15 is 0 Å². The number of rotatable bonds is 10. The first-order valence-electron chi connectivity index (χ1n) is 9.42. The van der Waals surface area contributed by atoms with Crippen LogP contribution in [0.5, 0.6) is 11.5 Å². The molecule has 1 aliphatic heterocycles. The molecule has 8 heteroatoms. The smallest absolute Gasteiger partial charge is 0.248 e. The van der Waals surface area contributed by atoms with E-state index in [1.807, 2.05) is 23.1 Å². The van der Waals surface area contributed by atoms with E-state index < -0.39 is 0 Å². The zero-order valence-corrected chi connectivity index (χ0v) is 16.9. The van der Waals surface area contributed by atoms with Crippen molar-refractivity contribution in [2.45, 2.75) is 12.8 Å². The Morgan fingerprint density at radius 2 is 1.54 bits per heavy atom. The Labute approximate surface area is 166 Å². The number of hydrogen-bond acceptors (Lipinski definition) is 6. The summed E-state index contributed by atoms with van der Waals surface area (Å²) in [5, 5.41) is 0. The van der Waals surface area contributed by atoms with Gasteiger partial charge in [-0.2, -0.15) is 0 Å². The lowest BCUT2D eigenvalue weighted by Gasteiger charge is -2.34. The van der Waals surface area contributed by atoms with E-state index in [1.54, 1.807) is 26.2 Å². The number of amides is 2. The molecule has 156 valence electrons. The predicted octanol–water partition coefficient (Wildman–Crippen LogP) is 0.970. The van der Waals surface area contributed by atoms with Gasteiger partial charge in [0.05, 0.1) is 27.4 Å². The molecule has 28 heavy (non-hydrogen) atoms. The highest BCUT2D eigenvalue weighted by atomic mass is 16.5. The maximum absolute atomic E-state index is 12.5. The van der Waals surface area contributed by atoms with Gasteiger partial charge in [0.25, 0.3) is 0 Å². The van der Waals surface area contributed by atoms with Crippen molar-refractivity contribution in [1.29, 1.82) is 0 Å². The maximum Gasteiger partial charge on any atom is 0.248 e. The lowest BCUT2D eigenvalue weighted by atomic mass is 10.1. The summed E-state index contributed by atoms with van der Waals surface area (Å²) in [6.45, 7) is 3.09. The Hall–Kier alpha value is -2.32. The number of piperazine rings is 1. The van der Waals surface area contributed by atoms with Crippen molar-refractivity contribution < 1.29 is 28.5 Å². The van der Waals surface area contributed by atoms with Crippen LogP contribution in [0, 0.1) is 0 Å². The summed E-state index contributed by atoms with van der Waals surface area (Å²) in [7, 11) is 4.78. The Morgan fingerprint density at radius 1 is 0.893 bits per heavy atom. The fourth-order valence-corrected chi connectivity index (χ4v) is 3.04. The Kier molecular flexibility index (Phi) is 9.03. The number of aryl methyl sites for hydroxylation is 1. The van der Waals surface area contributed by atoms with Crippen molar-refractivity contribution in [2.24, 2.45) is 0 Å². The second-order valence-electron chi connectivity index (χ2n) is 6.50. The minimum absolute atomic E-state index is 0.0477. The highest BCUT2D eigenvalue weighted by Gasteiger charge is 2.23. The van der Waals surface area contributed by atoms with Gasteiger partial charge in [0.1, 0.15) is 6.61 Å². The van der Waals surface area contributed by atoms with Crippen molar-refractivity contribution in [3.05, 3.63) is 23.8 Å². The standard InChI is InChI=1S/C20H30N2O6/c1-25-12-13-28-15-20(24)22-10-8-21(9-11-22)19(23)7-5-16-4-6-17(26-2)18(14-16)27-3/h4,6,14H,5,7-13,15H2,1-3H3. The molecule has 1 heterocycles. The molecule has 2 rings (SSSR count). The summed E-state index contributed by atoms with van der Waals surface area (Å²) in [5.74, 6) is 1.38. The lowest BCUT2D eigenvalue weighted by Crippen LogP contribution is -2.51. The second-order valence-corrected chi connectivity index (χ2v) is 6.50. The van der Waals surface area contributed by atoms with Crippen molar-refractivity contribution in [1.82, 2.24) is 9.80 Å². The number of benzene rings is 1. The lowest BCUT2D eigenvalue weighted by molar-refractivity contribution is -0.142. The highest BCUT2D eigenvalue weighted by molar-refractivity contribution is 5.79. The van der Waals surface area contributed by atoms with Crippen molar-refractivity contribution >= 4 is 11.8 Å². The second kappa shape index (κ2) is 11.5. The van der Waals surface area contributed by atoms with Gasteiger partial charge in [-0.25, -0.2) is 0 Å². The molecular formula is C20H30N2O6. The van der Waals surface area contributed by atoms with Gasteiger partial charge in [0.15, 0.2) is 11.5 Å². The van der Waals surface area contributed by atoms with Gasteiger partial charge in [-0.3, -0.25) is 9.59 Å². The van der Waals surface area contributed by atoms with Crippen molar-refractivity contribution in [3.8, 4) is 11.5 Å². The summed E-state index contributed by atoms with van der Waals surface area (Å²) >= 11 is 0. The molecule has 1 aromatic carbocycles. The first kappa shape index (κ1) is 22.0. The SMILES string of the molecule is COCCOCC(=O)N1CCN(C(=O)CCc2ccc(OC)c(OC)c2)CC1. The third-order valence-corrected chi connectivity index (χ3v) is 4.72. The van der Waals surface area contributed by atoms with Gasteiger partial charge >= 0.3 is 0 Å². The first-order chi connectivity index (χ1) is 13.6. The summed E-state index contributed by atoms with van der Waals surface area (Å²) in [4.78, 5) is 28.1. The van der Waals surface area contributed by atoms with E-state index in [0.717, 1.165) is 5.56 Å². The molecule has 0 aliphatic carbocycles. The van der Waals surface area contributed by atoms with Gasteiger partial charge in [0.2, 0.25) is 11.8 Å². The molecule has 0 atom stereocenters. The van der Waals surface area contributed by atoms with E-state index in [0.29, 0.717) is 63.7 Å². The first-order valence-corrected chi connectivity index (χ1v) is 9.42. The molecule has 1 aliphatic rings. The van der Waals surface area contributed by atoms with Crippen LogP contribution in [0.1, 0.15) is 12.0 Å². The highest BCUT2D eigenvalue weighted by Crippen LogP contribution is 2.28. The average Bonchev–Trinajstić information content (AvgIpc) is 2.74. The van der Waals surface area contributed by atoms with Crippen LogP contribution in [0.4, 0.5) is 0 Å². The summed E-state index contributed by atoms with van der Waals surface area (Å²) in [5.41, 5.74) is 1.02. The van der Waals surface area contributed by atoms with Gasteiger partial charge in [0, 0.05) is 39.7 Å². The van der Waals surface area contributed by atoms with Gasteiger partial charge in [-0.1, -0.05) is 6.07 Å². The van der Waals surface area contributed by atoms with E-state index in [1.165, 1.54) is 0 Å². The van der Waals surface area contributed by atoms with Crippen molar-refractivity contribution in [3.63, 3.8) is 0 Å². The Bertz CT molecular complexity index is 644. The fraction of sp³-hybridized carbons (Fsp3) is 0.600. The van der Waals surface area contributed by atoms with Crippen LogP contribution in [-0.2, 0) is 25.5 Å². The molecule has 1 fully saturated rings. The number of ether oxygens (including phenoxy) is 4. The molecule has 0 N–H and O–H groups in total. The van der Waals surface area contributed by atoms with Crippen LogP contribution in [0.25, 0.3) is 0 Å². The Balaban J connectivity index is 1.74. The minimum atomic E-state index is -0.0477. The zero-order valence-electron chi connectivity index (χ0n) is 16.9. The monoisotopic (exact) mass is 394 g/mol. The number of carbonyl (C=O) groups is 2. The van der Waals surface area contributed by atoms with E-state index in [9.17, 15) is 9.59 Å². The summed E-state index contributed by atoms with van der Waals surface area (Å²) < 4.78 is 20.7. The largest absolute Gasteiger partial charge is 0.493 e. The van der Waals surface area contributed by atoms with Crippen LogP contribution < -0.4 is 9.47 Å². The molecule has 0 bridgehead atoms. The number of nitrogens with zero attached hydrogens (tertiary/aromatic N) is 2. The van der Waals surface area contributed by atoms with Crippen LogP contribution >= 0.6 is 0 Å². The Morgan fingerprint density at radius 3 is 2.14 bits per heavy atom.